The maximum atomic E-state index is 14.3. The average Bonchev–Trinajstić information content (AvgIpc) is 3.98. The molecule has 4 aliphatic heterocycles. The van der Waals surface area contributed by atoms with Gasteiger partial charge in [0.1, 0.15) is 29.6 Å². The number of fused-ring (bicyclic) bond motifs is 1. The third-order valence-corrected chi connectivity index (χ3v) is 14.5. The summed E-state index contributed by atoms with van der Waals surface area (Å²) >= 11 is 0. The van der Waals surface area contributed by atoms with E-state index in [-0.39, 0.29) is 54.4 Å². The first-order chi connectivity index (χ1) is 34.5. The third-order valence-electron chi connectivity index (χ3n) is 14.5. The summed E-state index contributed by atoms with van der Waals surface area (Å²) in [6.45, 7) is 10.5. The third kappa shape index (κ3) is 10.2. The molecule has 0 bridgehead atoms. The molecule has 23 heteroatoms. The van der Waals surface area contributed by atoms with Crippen LogP contribution in [-0.2, 0) is 30.8 Å². The highest BCUT2D eigenvalue weighted by atomic mass is 19.4. The van der Waals surface area contributed by atoms with Crippen LogP contribution in [0.25, 0.3) is 33.8 Å². The number of benzene rings is 1. The quantitative estimate of drug-likeness (QED) is 0.133. The number of hydrogen-bond acceptors (Lipinski definition) is 16. The Kier molecular flexibility index (Phi) is 13.3. The van der Waals surface area contributed by atoms with Gasteiger partial charge in [-0.15, -0.1) is 0 Å². The monoisotopic (exact) mass is 996 g/mol. The molecule has 4 aromatic heterocycles. The fraction of sp³-hybridized carbons (Fsp3) is 0.551. The Morgan fingerprint density at radius 2 is 1.57 bits per heavy atom. The molecule has 382 valence electrons. The normalized spacial score (nSPS) is 20.0. The van der Waals surface area contributed by atoms with Crippen molar-refractivity contribution in [1.29, 1.82) is 0 Å². The standard InChI is InChI=1S/C49H59F3N14O6/c1-48(2,3)66-45-39(43(53)56-27-57-45)40(60-66)41-38(42(72-61-41)30-4-5-30)44-54-23-31(24-55-44)29-12-16-65(17-13-29)47(70)71-26-37(68)64-14-10-28(11-15-64)25-62-18-20-63(21-19-62)35-8-6-32(22-33(35)49(50,51)52)58-34-7-9-36(67)59-46(34)69/h6,8,22-24,27-30,34,58H,4-5,7,9-21,25-26H2,1-3H3,(H2,53,56,57)(H,59,67,69). The lowest BCUT2D eigenvalue weighted by Gasteiger charge is -2.40. The van der Waals surface area contributed by atoms with Crippen LogP contribution < -0.4 is 21.3 Å². The number of alkyl halides is 3. The van der Waals surface area contributed by atoms with Gasteiger partial charge in [-0.2, -0.15) is 18.3 Å². The SMILES string of the molecule is CC(C)(C)n1nc(-c2noc(C3CC3)c2-c2ncc(C3CCN(C(=O)OCC(=O)N4CCC(CN5CCN(c6ccc(NC7CCC(=O)NC7=O)cc6C(F)(F)F)CC5)CC4)CC3)cn2)c2c(N)ncnc21. The second kappa shape index (κ2) is 19.6. The summed E-state index contributed by atoms with van der Waals surface area (Å²) < 4.78 is 56.2. The molecular formula is C49H59F3N14O6. The summed E-state index contributed by atoms with van der Waals surface area (Å²) in [5, 5.41) is 15.1. The molecule has 1 unspecified atom stereocenters. The van der Waals surface area contributed by atoms with Crippen molar-refractivity contribution in [2.24, 2.45) is 5.92 Å². The highest BCUT2D eigenvalue weighted by Crippen LogP contribution is 2.48. The minimum Gasteiger partial charge on any atom is -0.439 e. The van der Waals surface area contributed by atoms with Crippen LogP contribution in [0.1, 0.15) is 101 Å². The van der Waals surface area contributed by atoms with Crippen molar-refractivity contribution in [3.05, 3.63) is 53.8 Å². The number of amides is 4. The van der Waals surface area contributed by atoms with Gasteiger partial charge in [0, 0.05) is 95.0 Å². The number of ether oxygens (including phenoxy) is 1. The molecule has 4 saturated heterocycles. The van der Waals surface area contributed by atoms with Crippen molar-refractivity contribution in [2.45, 2.75) is 102 Å². The lowest BCUT2D eigenvalue weighted by molar-refractivity contribution is -0.137. The molecule has 72 heavy (non-hydrogen) atoms. The lowest BCUT2D eigenvalue weighted by Crippen LogP contribution is -2.50. The number of carbonyl (C=O) groups excluding carboxylic acids is 4. The fourth-order valence-electron chi connectivity index (χ4n) is 10.4. The van der Waals surface area contributed by atoms with Gasteiger partial charge in [0.15, 0.2) is 23.8 Å². The summed E-state index contributed by atoms with van der Waals surface area (Å²) in [5.41, 5.74) is 8.68. The number of aromatic nitrogens is 7. The van der Waals surface area contributed by atoms with Crippen molar-refractivity contribution in [3.8, 4) is 22.8 Å². The van der Waals surface area contributed by atoms with Crippen LogP contribution in [0.15, 0.2) is 41.4 Å². The molecule has 5 aromatic rings. The van der Waals surface area contributed by atoms with Gasteiger partial charge >= 0.3 is 12.3 Å². The number of halogens is 3. The molecule has 0 radical (unpaired) electrons. The number of piperidine rings is 3. The smallest absolute Gasteiger partial charge is 0.418 e. The Morgan fingerprint density at radius 1 is 0.861 bits per heavy atom. The van der Waals surface area contributed by atoms with E-state index in [1.54, 1.807) is 20.8 Å². The summed E-state index contributed by atoms with van der Waals surface area (Å²) in [4.78, 5) is 75.8. The lowest BCUT2D eigenvalue weighted by atomic mass is 9.91. The van der Waals surface area contributed by atoms with E-state index >= 15 is 0 Å². The number of nitrogen functional groups attached to an aromatic ring is 1. The van der Waals surface area contributed by atoms with E-state index in [2.05, 4.69) is 30.7 Å². The zero-order valence-corrected chi connectivity index (χ0v) is 40.6. The summed E-state index contributed by atoms with van der Waals surface area (Å²) in [5.74, 6) is 0.904. The Bertz CT molecular complexity index is 2840. The molecule has 1 aromatic carbocycles. The van der Waals surface area contributed by atoms with Gasteiger partial charge in [-0.3, -0.25) is 24.6 Å². The van der Waals surface area contributed by atoms with Crippen LogP contribution in [0.3, 0.4) is 0 Å². The van der Waals surface area contributed by atoms with E-state index in [4.69, 9.17) is 30.1 Å². The van der Waals surface area contributed by atoms with Crippen molar-refractivity contribution < 1.29 is 41.6 Å². The molecule has 5 fully saturated rings. The molecular weight excluding hydrogens is 938 g/mol. The zero-order valence-electron chi connectivity index (χ0n) is 40.6. The number of nitrogens with two attached hydrogens (primary N) is 1. The number of carbonyl (C=O) groups is 4. The minimum atomic E-state index is -4.61. The summed E-state index contributed by atoms with van der Waals surface area (Å²) in [7, 11) is 0. The second-order valence-electron chi connectivity index (χ2n) is 20.6. The van der Waals surface area contributed by atoms with Gasteiger partial charge in [0.2, 0.25) is 11.8 Å². The van der Waals surface area contributed by atoms with Crippen LogP contribution in [0.2, 0.25) is 0 Å². The van der Waals surface area contributed by atoms with Crippen LogP contribution in [0.4, 0.5) is 35.2 Å². The predicted molar refractivity (Wildman–Crippen MR) is 257 cm³/mol. The number of nitrogens with one attached hydrogen (secondary N) is 2. The maximum absolute atomic E-state index is 14.3. The minimum absolute atomic E-state index is 0.0889. The van der Waals surface area contributed by atoms with E-state index in [1.165, 1.54) is 12.4 Å². The number of anilines is 3. The van der Waals surface area contributed by atoms with E-state index in [9.17, 15) is 32.3 Å². The summed E-state index contributed by atoms with van der Waals surface area (Å²) in [6.07, 6.45) is 5.07. The average molecular weight is 997 g/mol. The first-order valence-corrected chi connectivity index (χ1v) is 24.8. The van der Waals surface area contributed by atoms with Gasteiger partial charge in [-0.1, -0.05) is 5.16 Å². The van der Waals surface area contributed by atoms with Crippen LogP contribution in [-0.4, -0.2) is 145 Å². The molecule has 1 saturated carbocycles. The van der Waals surface area contributed by atoms with Crippen molar-refractivity contribution in [2.75, 3.05) is 81.5 Å². The van der Waals surface area contributed by atoms with Gasteiger partial charge in [-0.05, 0) is 101 Å². The first-order valence-electron chi connectivity index (χ1n) is 24.8. The molecule has 4 amide bonds. The van der Waals surface area contributed by atoms with Gasteiger partial charge in [0.25, 0.3) is 5.91 Å². The van der Waals surface area contributed by atoms with Crippen molar-refractivity contribution >= 4 is 52.0 Å². The largest absolute Gasteiger partial charge is 0.439 e. The topological polar surface area (TPSA) is 236 Å². The molecule has 10 rings (SSSR count). The van der Waals surface area contributed by atoms with E-state index < -0.39 is 41.2 Å². The Balaban J connectivity index is 0.670. The van der Waals surface area contributed by atoms with Gasteiger partial charge < -0.3 is 35.0 Å². The van der Waals surface area contributed by atoms with Crippen LogP contribution >= 0.6 is 0 Å². The molecule has 20 nitrogen and oxygen atoms in total. The van der Waals surface area contributed by atoms with Crippen molar-refractivity contribution in [1.82, 2.24) is 54.9 Å². The van der Waals surface area contributed by atoms with Crippen molar-refractivity contribution in [3.63, 3.8) is 0 Å². The number of rotatable bonds is 11. The number of piperazine rings is 1. The van der Waals surface area contributed by atoms with E-state index in [0.717, 1.165) is 43.9 Å². The highest BCUT2D eigenvalue weighted by Gasteiger charge is 2.39. The Morgan fingerprint density at radius 3 is 2.24 bits per heavy atom. The maximum Gasteiger partial charge on any atom is 0.418 e. The number of hydrogen-bond donors (Lipinski definition) is 3. The molecule has 0 spiro atoms. The van der Waals surface area contributed by atoms with Gasteiger partial charge in [-0.25, -0.2) is 29.4 Å². The highest BCUT2D eigenvalue weighted by molar-refractivity contribution is 6.02. The number of imide groups is 1. The number of likely N-dealkylation sites (tertiary alicyclic amines) is 2. The van der Waals surface area contributed by atoms with Crippen LogP contribution in [0, 0.1) is 5.92 Å². The molecule has 1 aliphatic carbocycles. The first kappa shape index (κ1) is 48.7. The van der Waals surface area contributed by atoms with E-state index in [1.807, 2.05) is 37.8 Å². The number of nitrogens with zero attached hydrogens (tertiary/aromatic N) is 11. The molecule has 8 heterocycles. The zero-order chi connectivity index (χ0) is 50.5. The Hall–Kier alpha value is -6.91. The molecule has 5 aliphatic rings. The van der Waals surface area contributed by atoms with Crippen LogP contribution in [0.5, 0.6) is 0 Å². The Labute approximate surface area is 413 Å². The van der Waals surface area contributed by atoms with E-state index in [0.29, 0.717) is 111 Å². The predicted octanol–water partition coefficient (Wildman–Crippen LogP) is 5.77. The molecule has 4 N–H and O–H groups in total. The second-order valence-corrected chi connectivity index (χ2v) is 20.6. The van der Waals surface area contributed by atoms with Gasteiger partial charge in [0.05, 0.1) is 22.1 Å². The fourth-order valence-corrected chi connectivity index (χ4v) is 10.4. The molecule has 1 atom stereocenters. The summed E-state index contributed by atoms with van der Waals surface area (Å²) in [6, 6.07) is 3.22.